The van der Waals surface area contributed by atoms with E-state index in [0.29, 0.717) is 24.9 Å². The lowest BCUT2D eigenvalue weighted by atomic mass is 9.88. The zero-order valence-electron chi connectivity index (χ0n) is 17.7. The van der Waals surface area contributed by atoms with E-state index in [9.17, 15) is 24.6 Å². The highest BCUT2D eigenvalue weighted by Gasteiger charge is 2.29. The molecule has 0 unspecified atom stereocenters. The molecule has 1 aliphatic rings. The summed E-state index contributed by atoms with van der Waals surface area (Å²) in [5.74, 6) is -2.84. The van der Waals surface area contributed by atoms with Gasteiger partial charge in [0.25, 0.3) is 5.91 Å². The number of nitrogens with two attached hydrogens (primary N) is 1. The predicted molar refractivity (Wildman–Crippen MR) is 113 cm³/mol. The van der Waals surface area contributed by atoms with Gasteiger partial charge in [0.1, 0.15) is 22.9 Å². The minimum absolute atomic E-state index is 0.123. The first-order valence-electron chi connectivity index (χ1n) is 10.4. The third-order valence-electron chi connectivity index (χ3n) is 5.31. The van der Waals surface area contributed by atoms with Crippen LogP contribution in [0.5, 0.6) is 11.5 Å². The van der Waals surface area contributed by atoms with Crippen LogP contribution in [0.1, 0.15) is 74.7 Å². The van der Waals surface area contributed by atoms with Gasteiger partial charge >= 0.3 is 0 Å². The van der Waals surface area contributed by atoms with Crippen molar-refractivity contribution in [3.05, 3.63) is 34.7 Å². The Labute approximate surface area is 176 Å². The van der Waals surface area contributed by atoms with E-state index in [1.54, 1.807) is 6.92 Å². The molecular formula is C22H31N3O5. The second kappa shape index (κ2) is 10.1. The average Bonchev–Trinajstić information content (AvgIpc) is 2.71. The van der Waals surface area contributed by atoms with Gasteiger partial charge in [-0.3, -0.25) is 14.4 Å². The Hall–Kier alpha value is -3.03. The molecule has 1 saturated carbocycles. The molecule has 6 N–H and O–H groups in total. The fourth-order valence-electron chi connectivity index (χ4n) is 3.58. The number of allylic oxidation sites excluding steroid dienone is 1. The number of hydrogen-bond donors (Lipinski definition) is 5. The summed E-state index contributed by atoms with van der Waals surface area (Å²) in [7, 11) is 0. The van der Waals surface area contributed by atoms with Gasteiger partial charge in [0, 0.05) is 18.5 Å². The molecule has 0 atom stereocenters. The topological polar surface area (TPSA) is 142 Å². The van der Waals surface area contributed by atoms with Crippen LogP contribution in [0.2, 0.25) is 0 Å². The molecule has 0 heterocycles. The van der Waals surface area contributed by atoms with Gasteiger partial charge in [0.05, 0.1) is 5.56 Å². The molecule has 2 rings (SSSR count). The van der Waals surface area contributed by atoms with Crippen molar-refractivity contribution in [1.29, 1.82) is 0 Å². The maximum atomic E-state index is 13.2. The first kappa shape index (κ1) is 23.3. The molecule has 30 heavy (non-hydrogen) atoms. The summed E-state index contributed by atoms with van der Waals surface area (Å²) in [6.07, 6.45) is 4.32. The average molecular weight is 418 g/mol. The number of likely N-dealkylation sites (N-methyl/N-ethyl adjacent to an activating group) is 1. The molecule has 0 spiro atoms. The molecule has 0 radical (unpaired) electrons. The predicted octanol–water partition coefficient (Wildman–Crippen LogP) is 2.41. The van der Waals surface area contributed by atoms with Gasteiger partial charge in [-0.05, 0) is 37.3 Å². The summed E-state index contributed by atoms with van der Waals surface area (Å²) >= 11 is 0. The number of Topliss-reactive ketones (excluding diaryl/α,β-unsaturated/α-hetero) is 1. The molecule has 2 amide bonds. The molecule has 0 bridgehead atoms. The first-order valence-corrected chi connectivity index (χ1v) is 10.4. The molecule has 1 fully saturated rings. The number of aromatic hydroxyl groups is 2. The third-order valence-corrected chi connectivity index (χ3v) is 5.31. The van der Waals surface area contributed by atoms with Gasteiger partial charge in [-0.1, -0.05) is 33.1 Å². The Morgan fingerprint density at radius 1 is 1.10 bits per heavy atom. The molecule has 1 aliphatic carbocycles. The Bertz CT molecular complexity index is 855. The van der Waals surface area contributed by atoms with Crippen molar-refractivity contribution in [2.45, 2.75) is 58.8 Å². The lowest BCUT2D eigenvalue weighted by Gasteiger charge is -2.22. The fraction of sp³-hybridized carbons (Fsp3) is 0.500. The second-order valence-electron chi connectivity index (χ2n) is 7.88. The monoisotopic (exact) mass is 417 g/mol. The van der Waals surface area contributed by atoms with Crippen molar-refractivity contribution in [3.8, 4) is 11.5 Å². The van der Waals surface area contributed by atoms with Gasteiger partial charge in [-0.25, -0.2) is 0 Å². The van der Waals surface area contributed by atoms with E-state index < -0.39 is 23.1 Å². The van der Waals surface area contributed by atoms with Crippen LogP contribution in [0.3, 0.4) is 0 Å². The summed E-state index contributed by atoms with van der Waals surface area (Å²) in [6.45, 7) is 5.64. The van der Waals surface area contributed by atoms with Crippen LogP contribution in [0.15, 0.2) is 23.5 Å². The fourth-order valence-corrected chi connectivity index (χ4v) is 3.58. The highest BCUT2D eigenvalue weighted by atomic mass is 16.3. The molecule has 0 saturated heterocycles. The van der Waals surface area contributed by atoms with Crippen molar-refractivity contribution in [3.63, 3.8) is 0 Å². The lowest BCUT2D eigenvalue weighted by Crippen LogP contribution is -2.39. The van der Waals surface area contributed by atoms with E-state index in [0.717, 1.165) is 25.3 Å². The van der Waals surface area contributed by atoms with Crippen LogP contribution in [0.25, 0.3) is 0 Å². The van der Waals surface area contributed by atoms with Gasteiger partial charge < -0.3 is 26.6 Å². The summed E-state index contributed by atoms with van der Waals surface area (Å²) < 4.78 is 0. The molecular weight excluding hydrogens is 386 g/mol. The minimum atomic E-state index is -0.790. The van der Waals surface area contributed by atoms with Gasteiger partial charge in [-0.15, -0.1) is 0 Å². The number of carbonyl (C=O) groups excluding carboxylic acids is 3. The number of phenols is 2. The van der Waals surface area contributed by atoms with Gasteiger partial charge in [-0.2, -0.15) is 0 Å². The maximum Gasteiger partial charge on any atom is 0.269 e. The number of benzene rings is 1. The molecule has 1 aromatic carbocycles. The molecule has 0 aromatic heterocycles. The largest absolute Gasteiger partial charge is 0.508 e. The van der Waals surface area contributed by atoms with E-state index in [1.165, 1.54) is 6.07 Å². The zero-order valence-corrected chi connectivity index (χ0v) is 17.7. The number of amides is 2. The van der Waals surface area contributed by atoms with E-state index >= 15 is 0 Å². The Morgan fingerprint density at radius 3 is 2.30 bits per heavy atom. The van der Waals surface area contributed by atoms with E-state index in [1.807, 2.05) is 13.8 Å². The van der Waals surface area contributed by atoms with Crippen LogP contribution in [0, 0.1) is 5.92 Å². The highest BCUT2D eigenvalue weighted by Crippen LogP contribution is 2.33. The number of phenolic OH excluding ortho intramolecular Hbond substituents is 2. The summed E-state index contributed by atoms with van der Waals surface area (Å²) in [6, 6.07) is 2.43. The number of hydrogen-bond acceptors (Lipinski definition) is 6. The SMILES string of the molecule is CCNC(=O)C(N)=C(NC(=O)C1CCCCC1)C(=O)c1cc(C(C)C)c(O)cc1O. The molecule has 8 heteroatoms. The Morgan fingerprint density at radius 2 is 1.73 bits per heavy atom. The number of carbonyl (C=O) groups is 3. The molecule has 8 nitrogen and oxygen atoms in total. The van der Waals surface area contributed by atoms with Crippen molar-refractivity contribution in [2.24, 2.45) is 11.7 Å². The van der Waals surface area contributed by atoms with Crippen LogP contribution < -0.4 is 16.4 Å². The lowest BCUT2D eigenvalue weighted by molar-refractivity contribution is -0.125. The standard InChI is InChI=1S/C22H31N3O5/c1-4-24-22(30)18(23)19(25-21(29)13-8-6-5-7-9-13)20(28)15-10-14(12(2)3)16(26)11-17(15)27/h10-13,26-27H,4-9,23H2,1-3H3,(H,24,30)(H,25,29). The van der Waals surface area contributed by atoms with Gasteiger partial charge in [0.2, 0.25) is 11.7 Å². The first-order chi connectivity index (χ1) is 14.2. The summed E-state index contributed by atoms with van der Waals surface area (Å²) in [4.78, 5) is 38.3. The van der Waals surface area contributed by atoms with Crippen molar-refractivity contribution >= 4 is 17.6 Å². The van der Waals surface area contributed by atoms with E-state index in [2.05, 4.69) is 10.6 Å². The normalized spacial score (nSPS) is 15.5. The van der Waals surface area contributed by atoms with Crippen LogP contribution in [-0.2, 0) is 9.59 Å². The Kier molecular flexibility index (Phi) is 7.86. The van der Waals surface area contributed by atoms with Crippen LogP contribution in [-0.4, -0.2) is 34.4 Å². The maximum absolute atomic E-state index is 13.2. The highest BCUT2D eigenvalue weighted by molar-refractivity contribution is 6.16. The van der Waals surface area contributed by atoms with Crippen LogP contribution in [0.4, 0.5) is 0 Å². The quantitative estimate of drug-likeness (QED) is 0.341. The number of nitrogens with one attached hydrogen (secondary N) is 2. The molecule has 0 aliphatic heterocycles. The Balaban J connectivity index is 2.47. The smallest absolute Gasteiger partial charge is 0.269 e. The van der Waals surface area contributed by atoms with E-state index in [-0.39, 0.29) is 34.8 Å². The number of ketones is 1. The van der Waals surface area contributed by atoms with E-state index in [4.69, 9.17) is 5.73 Å². The minimum Gasteiger partial charge on any atom is -0.508 e. The van der Waals surface area contributed by atoms with Crippen molar-refractivity contribution < 1.29 is 24.6 Å². The second-order valence-corrected chi connectivity index (χ2v) is 7.88. The van der Waals surface area contributed by atoms with Crippen LogP contribution >= 0.6 is 0 Å². The van der Waals surface area contributed by atoms with Crippen molar-refractivity contribution in [1.82, 2.24) is 10.6 Å². The summed E-state index contributed by atoms with van der Waals surface area (Å²) in [5, 5.41) is 25.4. The van der Waals surface area contributed by atoms with Gasteiger partial charge in [0.15, 0.2) is 0 Å². The third kappa shape index (κ3) is 5.31. The molecule has 164 valence electrons. The summed E-state index contributed by atoms with van der Waals surface area (Å²) in [5.41, 5.74) is 5.45. The van der Waals surface area contributed by atoms with Crippen molar-refractivity contribution in [2.75, 3.05) is 6.54 Å². The zero-order chi connectivity index (χ0) is 22.4. The number of rotatable bonds is 7. The molecule has 1 aromatic rings.